The largest absolute Gasteiger partial charge is 0.481 e. The molecule has 8 nitrogen and oxygen atoms in total. The zero-order valence-corrected chi connectivity index (χ0v) is 16.7. The van der Waals surface area contributed by atoms with E-state index in [1.165, 1.54) is 0 Å². The molecule has 0 spiro atoms. The van der Waals surface area contributed by atoms with Crippen molar-refractivity contribution in [2.45, 2.75) is 38.5 Å². The molecule has 0 saturated heterocycles. The van der Waals surface area contributed by atoms with Gasteiger partial charge in [0.1, 0.15) is 6.61 Å². The van der Waals surface area contributed by atoms with E-state index < -0.39 is 18.1 Å². The quantitative estimate of drug-likeness (QED) is 0.417. The van der Waals surface area contributed by atoms with Crippen molar-refractivity contribution >= 4 is 18.0 Å². The number of nitrogens with one attached hydrogen (secondary N) is 2. The number of carboxylic acids is 1. The molecule has 8 heteroatoms. The number of benzene rings is 2. The topological polar surface area (TPSA) is 131 Å². The van der Waals surface area contributed by atoms with Gasteiger partial charge in [0.2, 0.25) is 5.91 Å². The van der Waals surface area contributed by atoms with Gasteiger partial charge >= 0.3 is 12.1 Å². The van der Waals surface area contributed by atoms with Crippen molar-refractivity contribution in [2.24, 2.45) is 5.73 Å². The van der Waals surface area contributed by atoms with E-state index in [9.17, 15) is 14.4 Å². The molecule has 0 aromatic heterocycles. The van der Waals surface area contributed by atoms with Crippen molar-refractivity contribution in [3.8, 4) is 0 Å². The lowest BCUT2D eigenvalue weighted by Crippen LogP contribution is -2.40. The number of carbonyl (C=O) groups excluding carboxylic acids is 2. The number of hydrogen-bond donors (Lipinski definition) is 4. The van der Waals surface area contributed by atoms with Gasteiger partial charge in [-0.25, -0.2) is 4.79 Å². The smallest absolute Gasteiger partial charge is 0.407 e. The summed E-state index contributed by atoms with van der Waals surface area (Å²) in [5.41, 5.74) is 8.19. The third-order valence-electron chi connectivity index (χ3n) is 4.42. The molecular weight excluding hydrogens is 386 g/mol. The van der Waals surface area contributed by atoms with Gasteiger partial charge in [0.15, 0.2) is 0 Å². The maximum Gasteiger partial charge on any atom is 0.407 e. The van der Waals surface area contributed by atoms with E-state index in [0.717, 1.165) is 11.1 Å². The normalized spacial score (nSPS) is 11.4. The van der Waals surface area contributed by atoms with Gasteiger partial charge in [-0.2, -0.15) is 0 Å². The SMILES string of the molecule is N[C@@H](CCCNC(=O)OCc1ccccc1)C(=O)NCc1ccccc1CC(=O)O. The summed E-state index contributed by atoms with van der Waals surface area (Å²) in [6.45, 7) is 0.744. The number of carboxylic acid groups (broad SMARTS) is 1. The number of nitrogens with two attached hydrogens (primary N) is 1. The van der Waals surface area contributed by atoms with Gasteiger partial charge in [-0.15, -0.1) is 0 Å². The average molecular weight is 413 g/mol. The molecule has 0 radical (unpaired) electrons. The van der Waals surface area contributed by atoms with Crippen LogP contribution in [0.4, 0.5) is 4.79 Å². The number of aliphatic carboxylic acids is 1. The highest BCUT2D eigenvalue weighted by molar-refractivity contribution is 5.81. The van der Waals surface area contributed by atoms with Crippen LogP contribution in [0.25, 0.3) is 0 Å². The molecule has 2 aromatic carbocycles. The summed E-state index contributed by atoms with van der Waals surface area (Å²) in [5.74, 6) is -1.26. The first-order valence-electron chi connectivity index (χ1n) is 9.72. The van der Waals surface area contributed by atoms with Crippen LogP contribution in [-0.2, 0) is 33.9 Å². The molecule has 0 aliphatic heterocycles. The summed E-state index contributed by atoms with van der Waals surface area (Å²) in [6, 6.07) is 15.7. The first-order chi connectivity index (χ1) is 14.5. The van der Waals surface area contributed by atoms with Gasteiger partial charge in [-0.05, 0) is 29.5 Å². The molecule has 0 saturated carbocycles. The van der Waals surface area contributed by atoms with Crippen LogP contribution in [0.2, 0.25) is 0 Å². The Morgan fingerprint density at radius 3 is 2.33 bits per heavy atom. The van der Waals surface area contributed by atoms with Gasteiger partial charge in [0.25, 0.3) is 0 Å². The fourth-order valence-corrected chi connectivity index (χ4v) is 2.80. The van der Waals surface area contributed by atoms with Crippen LogP contribution in [-0.4, -0.2) is 35.7 Å². The fourth-order valence-electron chi connectivity index (χ4n) is 2.80. The lowest BCUT2D eigenvalue weighted by Gasteiger charge is -2.14. The van der Waals surface area contributed by atoms with E-state index in [-0.39, 0.29) is 25.5 Å². The van der Waals surface area contributed by atoms with Crippen LogP contribution in [0.15, 0.2) is 54.6 Å². The van der Waals surface area contributed by atoms with Crippen molar-refractivity contribution in [2.75, 3.05) is 6.54 Å². The van der Waals surface area contributed by atoms with Gasteiger partial charge in [-0.3, -0.25) is 9.59 Å². The summed E-state index contributed by atoms with van der Waals surface area (Å²) in [4.78, 5) is 34.8. The Labute approximate surface area is 175 Å². The Hall–Kier alpha value is -3.39. The molecule has 0 heterocycles. The molecule has 2 rings (SSSR count). The van der Waals surface area contributed by atoms with Crippen LogP contribution in [0.5, 0.6) is 0 Å². The number of hydrogen-bond acceptors (Lipinski definition) is 5. The molecule has 0 bridgehead atoms. The fraction of sp³-hybridized carbons (Fsp3) is 0.318. The Morgan fingerprint density at radius 1 is 0.967 bits per heavy atom. The Kier molecular flexibility index (Phi) is 9.33. The lowest BCUT2D eigenvalue weighted by atomic mass is 10.0. The molecule has 160 valence electrons. The number of carbonyl (C=O) groups is 3. The van der Waals surface area contributed by atoms with Crippen molar-refractivity contribution in [3.05, 3.63) is 71.3 Å². The summed E-state index contributed by atoms with van der Waals surface area (Å²) in [5, 5.41) is 14.3. The minimum Gasteiger partial charge on any atom is -0.481 e. The predicted octanol–water partition coefficient (Wildman–Crippen LogP) is 1.96. The average Bonchev–Trinajstić information content (AvgIpc) is 2.74. The molecule has 30 heavy (non-hydrogen) atoms. The lowest BCUT2D eigenvalue weighted by molar-refractivity contribution is -0.136. The van der Waals surface area contributed by atoms with E-state index in [4.69, 9.17) is 15.6 Å². The third-order valence-corrected chi connectivity index (χ3v) is 4.42. The molecule has 1 atom stereocenters. The highest BCUT2D eigenvalue weighted by atomic mass is 16.5. The van der Waals surface area contributed by atoms with Gasteiger partial charge in [0, 0.05) is 13.1 Å². The van der Waals surface area contributed by atoms with Crippen molar-refractivity contribution in [1.82, 2.24) is 10.6 Å². The van der Waals surface area contributed by atoms with Crippen LogP contribution in [0.3, 0.4) is 0 Å². The maximum absolute atomic E-state index is 12.2. The molecule has 2 amide bonds. The van der Waals surface area contributed by atoms with Gasteiger partial charge in [0.05, 0.1) is 12.5 Å². The first kappa shape index (κ1) is 22.9. The maximum atomic E-state index is 12.2. The van der Waals surface area contributed by atoms with E-state index in [1.54, 1.807) is 24.3 Å². The molecular formula is C22H27N3O5. The summed E-state index contributed by atoms with van der Waals surface area (Å²) in [7, 11) is 0. The molecule has 2 aromatic rings. The number of rotatable bonds is 11. The minimum absolute atomic E-state index is 0.107. The highest BCUT2D eigenvalue weighted by Crippen LogP contribution is 2.09. The third kappa shape index (κ3) is 8.32. The monoisotopic (exact) mass is 413 g/mol. The highest BCUT2D eigenvalue weighted by Gasteiger charge is 2.14. The van der Waals surface area contributed by atoms with Crippen molar-refractivity contribution in [1.29, 1.82) is 0 Å². The molecule has 0 aliphatic carbocycles. The summed E-state index contributed by atoms with van der Waals surface area (Å²) < 4.78 is 5.11. The van der Waals surface area contributed by atoms with Crippen LogP contribution in [0.1, 0.15) is 29.5 Å². The molecule has 0 aliphatic rings. The molecule has 0 fully saturated rings. The van der Waals surface area contributed by atoms with Crippen LogP contribution < -0.4 is 16.4 Å². The first-order valence-corrected chi connectivity index (χ1v) is 9.72. The second-order valence-corrected chi connectivity index (χ2v) is 6.79. The number of ether oxygens (including phenoxy) is 1. The van der Waals surface area contributed by atoms with E-state index >= 15 is 0 Å². The van der Waals surface area contributed by atoms with Crippen molar-refractivity contribution < 1.29 is 24.2 Å². The Bertz CT molecular complexity index is 842. The zero-order chi connectivity index (χ0) is 21.8. The molecule has 0 unspecified atom stereocenters. The Morgan fingerprint density at radius 2 is 1.63 bits per heavy atom. The second kappa shape index (κ2) is 12.2. The van der Waals surface area contributed by atoms with E-state index in [2.05, 4.69) is 10.6 Å². The van der Waals surface area contributed by atoms with Crippen molar-refractivity contribution in [3.63, 3.8) is 0 Å². The standard InChI is InChI=1S/C22H27N3O5/c23-19(11-6-12-24-22(29)30-15-16-7-2-1-3-8-16)21(28)25-14-18-10-5-4-9-17(18)13-20(26)27/h1-5,7-10,19H,6,11-15,23H2,(H,24,29)(H,25,28)(H,26,27)/t19-/m0/s1. The zero-order valence-electron chi connectivity index (χ0n) is 16.7. The van der Waals surface area contributed by atoms with Gasteiger partial charge < -0.3 is 26.2 Å². The predicted molar refractivity (Wildman–Crippen MR) is 111 cm³/mol. The Balaban J connectivity index is 1.64. The van der Waals surface area contributed by atoms with Gasteiger partial charge in [-0.1, -0.05) is 54.6 Å². The number of alkyl carbamates (subject to hydrolysis) is 1. The second-order valence-electron chi connectivity index (χ2n) is 6.79. The van der Waals surface area contributed by atoms with Crippen LogP contribution >= 0.6 is 0 Å². The van der Waals surface area contributed by atoms with Crippen LogP contribution in [0, 0.1) is 0 Å². The minimum atomic E-state index is -0.930. The van der Waals surface area contributed by atoms with E-state index in [1.807, 2.05) is 30.3 Å². The molecule has 5 N–H and O–H groups in total. The number of amides is 2. The summed E-state index contributed by atoms with van der Waals surface area (Å²) >= 11 is 0. The summed E-state index contributed by atoms with van der Waals surface area (Å²) in [6.07, 6.45) is 0.281. The van der Waals surface area contributed by atoms with E-state index in [0.29, 0.717) is 24.9 Å².